The second kappa shape index (κ2) is 7.50. The van der Waals surface area contributed by atoms with Gasteiger partial charge in [-0.15, -0.1) is 0 Å². The molecule has 3 aliphatic rings. The van der Waals surface area contributed by atoms with Gasteiger partial charge >= 0.3 is 0 Å². The summed E-state index contributed by atoms with van der Waals surface area (Å²) in [6.45, 7) is 0.604. The monoisotopic (exact) mass is 437 g/mol. The summed E-state index contributed by atoms with van der Waals surface area (Å²) < 4.78 is 0. The molecule has 2 aromatic rings. The highest BCUT2D eigenvalue weighted by Gasteiger charge is 2.41. The fourth-order valence-corrected chi connectivity index (χ4v) is 4.53. The number of anilines is 2. The second-order valence-electron chi connectivity index (χ2n) is 8.11. The Morgan fingerprint density at radius 1 is 0.968 bits per heavy atom. The Morgan fingerprint density at radius 3 is 2.26 bits per heavy atom. The lowest BCUT2D eigenvalue weighted by Gasteiger charge is -2.24. The number of rotatable bonds is 4. The van der Waals surface area contributed by atoms with E-state index in [1.807, 2.05) is 0 Å². The van der Waals surface area contributed by atoms with E-state index in [-0.39, 0.29) is 28.4 Å². The number of nitrogens with one attached hydrogen (secondary N) is 1. The smallest absolute Gasteiger partial charge is 0.266 e. The minimum Gasteiger partial charge on any atom is -0.330 e. The van der Waals surface area contributed by atoms with Crippen molar-refractivity contribution >= 4 is 46.6 Å². The predicted molar refractivity (Wildman–Crippen MR) is 115 cm³/mol. The number of amides is 4. The van der Waals surface area contributed by atoms with Crippen LogP contribution in [0, 0.1) is 5.92 Å². The first kappa shape index (κ1) is 19.8. The number of fused-ring (bicyclic) bond motifs is 1. The topological polar surface area (TPSA) is 86.8 Å². The van der Waals surface area contributed by atoms with Crippen LogP contribution in [-0.4, -0.2) is 41.1 Å². The van der Waals surface area contributed by atoms with Crippen molar-refractivity contribution < 1.29 is 19.2 Å². The molecule has 2 heterocycles. The Hall–Kier alpha value is -3.19. The quantitative estimate of drug-likeness (QED) is 0.742. The van der Waals surface area contributed by atoms with Crippen molar-refractivity contribution in [1.29, 1.82) is 0 Å². The van der Waals surface area contributed by atoms with Crippen LogP contribution in [0.2, 0.25) is 5.02 Å². The number of hydrogen-bond acceptors (Lipinski definition) is 4. The van der Waals surface area contributed by atoms with E-state index < -0.39 is 17.9 Å². The fraction of sp³-hybridized carbons (Fsp3) is 0.304. The van der Waals surface area contributed by atoms with E-state index >= 15 is 0 Å². The largest absolute Gasteiger partial charge is 0.330 e. The van der Waals surface area contributed by atoms with E-state index in [0.29, 0.717) is 29.8 Å². The summed E-state index contributed by atoms with van der Waals surface area (Å²) in [5, 5.41) is 2.99. The van der Waals surface area contributed by atoms with E-state index in [1.165, 1.54) is 6.07 Å². The molecule has 1 N–H and O–H groups in total. The van der Waals surface area contributed by atoms with E-state index in [1.54, 1.807) is 41.3 Å². The van der Waals surface area contributed by atoms with E-state index in [9.17, 15) is 19.2 Å². The second-order valence-corrected chi connectivity index (χ2v) is 8.52. The molecule has 1 unspecified atom stereocenters. The van der Waals surface area contributed by atoms with Gasteiger partial charge in [-0.1, -0.05) is 23.7 Å². The molecule has 2 fully saturated rings. The molecule has 0 aromatic heterocycles. The number of hydrogen-bond donors (Lipinski definition) is 1. The number of imide groups is 1. The van der Waals surface area contributed by atoms with Gasteiger partial charge in [-0.3, -0.25) is 19.2 Å². The summed E-state index contributed by atoms with van der Waals surface area (Å²) in [5.74, 6) is -0.978. The predicted octanol–water partition coefficient (Wildman–Crippen LogP) is 3.48. The maximum atomic E-state index is 12.8. The first-order valence-corrected chi connectivity index (χ1v) is 10.7. The standard InChI is InChI=1S/C23H20ClN3O4/c24-17-12-14(25-20(28)19-6-3-11-26(19)21(29)13-7-8-13)9-10-18(17)27-22(30)15-4-1-2-5-16(15)23(27)31/h1-2,4-5,9-10,12-13,19H,3,6-8,11H2,(H,25,28). The SMILES string of the molecule is O=C(Nc1ccc(N2C(=O)c3ccccc3C2=O)c(Cl)c1)C1CCCN1C(=O)C1CC1. The number of likely N-dealkylation sites (tertiary alicyclic amines) is 1. The molecular weight excluding hydrogens is 418 g/mol. The van der Waals surface area contributed by atoms with Gasteiger partial charge in [-0.2, -0.15) is 0 Å². The van der Waals surface area contributed by atoms with Crippen LogP contribution in [0.15, 0.2) is 42.5 Å². The van der Waals surface area contributed by atoms with Crippen molar-refractivity contribution in [3.8, 4) is 0 Å². The van der Waals surface area contributed by atoms with Crippen LogP contribution >= 0.6 is 11.6 Å². The van der Waals surface area contributed by atoms with Gasteiger partial charge in [-0.25, -0.2) is 4.90 Å². The van der Waals surface area contributed by atoms with Gasteiger partial charge in [-0.05, 0) is 56.0 Å². The van der Waals surface area contributed by atoms with Gasteiger partial charge in [0.25, 0.3) is 11.8 Å². The minimum atomic E-state index is -0.484. The third-order valence-corrected chi connectivity index (χ3v) is 6.32. The molecule has 2 aromatic carbocycles. The summed E-state index contributed by atoms with van der Waals surface area (Å²) in [4.78, 5) is 53.4. The van der Waals surface area contributed by atoms with E-state index in [0.717, 1.165) is 24.2 Å². The highest BCUT2D eigenvalue weighted by atomic mass is 35.5. The zero-order valence-electron chi connectivity index (χ0n) is 16.6. The average molecular weight is 438 g/mol. The van der Waals surface area contributed by atoms with Crippen molar-refractivity contribution in [2.45, 2.75) is 31.7 Å². The van der Waals surface area contributed by atoms with Crippen LogP contribution in [0.3, 0.4) is 0 Å². The van der Waals surface area contributed by atoms with Gasteiger partial charge in [0.05, 0.1) is 21.8 Å². The zero-order chi connectivity index (χ0) is 21.7. The van der Waals surface area contributed by atoms with Crippen LogP contribution < -0.4 is 10.2 Å². The first-order chi connectivity index (χ1) is 15.0. The molecule has 31 heavy (non-hydrogen) atoms. The Kier molecular flexibility index (Phi) is 4.78. The molecule has 8 heteroatoms. The van der Waals surface area contributed by atoms with Crippen LogP contribution in [0.25, 0.3) is 0 Å². The van der Waals surface area contributed by atoms with E-state index in [2.05, 4.69) is 5.32 Å². The highest BCUT2D eigenvalue weighted by molar-refractivity contribution is 6.40. The summed E-state index contributed by atoms with van der Waals surface area (Å²) in [6.07, 6.45) is 3.23. The lowest BCUT2D eigenvalue weighted by atomic mass is 10.1. The number of benzene rings is 2. The summed E-state index contributed by atoms with van der Waals surface area (Å²) in [6, 6.07) is 10.8. The fourth-order valence-electron chi connectivity index (χ4n) is 4.27. The average Bonchev–Trinajstić information content (AvgIpc) is 3.44. The number of carbonyl (C=O) groups excluding carboxylic acids is 4. The first-order valence-electron chi connectivity index (χ1n) is 10.3. The Morgan fingerprint density at radius 2 is 1.65 bits per heavy atom. The zero-order valence-corrected chi connectivity index (χ0v) is 17.4. The minimum absolute atomic E-state index is 0.0663. The summed E-state index contributed by atoms with van der Waals surface area (Å²) in [7, 11) is 0. The lowest BCUT2D eigenvalue weighted by Crippen LogP contribution is -2.43. The molecule has 1 saturated heterocycles. The lowest BCUT2D eigenvalue weighted by molar-refractivity contribution is -0.137. The van der Waals surface area contributed by atoms with Crippen LogP contribution in [0.5, 0.6) is 0 Å². The number of carbonyl (C=O) groups is 4. The van der Waals surface area contributed by atoms with Crippen LogP contribution in [0.4, 0.5) is 11.4 Å². The maximum Gasteiger partial charge on any atom is 0.266 e. The van der Waals surface area contributed by atoms with Crippen molar-refractivity contribution in [2.75, 3.05) is 16.8 Å². The molecule has 5 rings (SSSR count). The summed E-state index contributed by atoms with van der Waals surface area (Å²) in [5.41, 5.74) is 1.38. The number of nitrogens with zero attached hydrogens (tertiary/aromatic N) is 2. The third kappa shape index (κ3) is 3.39. The molecule has 4 amide bonds. The molecule has 7 nitrogen and oxygen atoms in total. The third-order valence-electron chi connectivity index (χ3n) is 6.02. The molecule has 1 atom stereocenters. The Balaban J connectivity index is 1.33. The molecular formula is C23H20ClN3O4. The molecule has 158 valence electrons. The van der Waals surface area contributed by atoms with Gasteiger partial charge in [0.1, 0.15) is 6.04 Å². The molecule has 0 bridgehead atoms. The van der Waals surface area contributed by atoms with Crippen molar-refractivity contribution in [1.82, 2.24) is 4.90 Å². The van der Waals surface area contributed by atoms with Gasteiger partial charge < -0.3 is 10.2 Å². The van der Waals surface area contributed by atoms with E-state index in [4.69, 9.17) is 11.6 Å². The van der Waals surface area contributed by atoms with Gasteiger partial charge in [0.15, 0.2) is 0 Å². The number of halogens is 1. The highest BCUT2D eigenvalue weighted by Crippen LogP contribution is 2.36. The van der Waals surface area contributed by atoms with Crippen molar-refractivity contribution in [2.24, 2.45) is 5.92 Å². The Labute approximate surface area is 184 Å². The molecule has 2 aliphatic heterocycles. The maximum absolute atomic E-state index is 12.8. The molecule has 0 spiro atoms. The van der Waals surface area contributed by atoms with Crippen LogP contribution in [-0.2, 0) is 9.59 Å². The Bertz CT molecular complexity index is 1090. The molecule has 1 saturated carbocycles. The normalized spacial score (nSPS) is 20.2. The van der Waals surface area contributed by atoms with Crippen LogP contribution in [0.1, 0.15) is 46.4 Å². The van der Waals surface area contributed by atoms with Crippen molar-refractivity contribution in [3.63, 3.8) is 0 Å². The van der Waals surface area contributed by atoms with Gasteiger partial charge in [0.2, 0.25) is 11.8 Å². The molecule has 0 radical (unpaired) electrons. The molecule has 1 aliphatic carbocycles. The summed E-state index contributed by atoms with van der Waals surface area (Å²) >= 11 is 6.39. The van der Waals surface area contributed by atoms with Gasteiger partial charge in [0, 0.05) is 18.2 Å². The van der Waals surface area contributed by atoms with Crippen molar-refractivity contribution in [3.05, 3.63) is 58.6 Å².